The zero-order chi connectivity index (χ0) is 17.4. The fourth-order valence-electron chi connectivity index (χ4n) is 3.11. The van der Waals surface area contributed by atoms with Crippen molar-refractivity contribution in [2.75, 3.05) is 6.54 Å². The zero-order valence-corrected chi connectivity index (χ0v) is 13.9. The van der Waals surface area contributed by atoms with Gasteiger partial charge in [0.1, 0.15) is 11.5 Å². The molecule has 25 heavy (non-hydrogen) atoms. The predicted octanol–water partition coefficient (Wildman–Crippen LogP) is 3.08. The standard InChI is InChI=1S/C19H18N2O4/c1-12-16(20-19(25-12)17-3-2-8-24-17)10-18(23)21-7-6-13-4-5-15(22)9-14(13)11-21/h2-5,8-9,22H,6-7,10-11H2,1H3. The molecule has 1 aromatic carbocycles. The van der Waals surface area contributed by atoms with Gasteiger partial charge in [-0.2, -0.15) is 0 Å². The summed E-state index contributed by atoms with van der Waals surface area (Å²) in [4.78, 5) is 18.9. The molecule has 0 saturated carbocycles. The summed E-state index contributed by atoms with van der Waals surface area (Å²) in [5.74, 6) is 1.78. The molecule has 0 saturated heterocycles. The summed E-state index contributed by atoms with van der Waals surface area (Å²) in [5.41, 5.74) is 2.80. The summed E-state index contributed by atoms with van der Waals surface area (Å²) < 4.78 is 10.9. The average molecular weight is 338 g/mol. The van der Waals surface area contributed by atoms with E-state index in [1.165, 1.54) is 5.56 Å². The number of aryl methyl sites for hydroxylation is 1. The van der Waals surface area contributed by atoms with Crippen LogP contribution in [0.4, 0.5) is 0 Å². The van der Waals surface area contributed by atoms with Gasteiger partial charge in [0.25, 0.3) is 5.89 Å². The molecule has 1 amide bonds. The smallest absolute Gasteiger partial charge is 0.263 e. The molecule has 0 bridgehead atoms. The minimum absolute atomic E-state index is 0.00334. The lowest BCUT2D eigenvalue weighted by Gasteiger charge is -2.28. The van der Waals surface area contributed by atoms with Crippen LogP contribution in [0.25, 0.3) is 11.7 Å². The van der Waals surface area contributed by atoms with E-state index in [4.69, 9.17) is 8.83 Å². The van der Waals surface area contributed by atoms with Crippen LogP contribution in [0.3, 0.4) is 0 Å². The lowest BCUT2D eigenvalue weighted by atomic mass is 9.99. The molecule has 128 valence electrons. The van der Waals surface area contributed by atoms with Crippen molar-refractivity contribution in [2.45, 2.75) is 26.3 Å². The van der Waals surface area contributed by atoms with Gasteiger partial charge in [-0.1, -0.05) is 6.07 Å². The third kappa shape index (κ3) is 3.03. The molecule has 0 unspecified atom stereocenters. The van der Waals surface area contributed by atoms with E-state index in [-0.39, 0.29) is 18.1 Å². The van der Waals surface area contributed by atoms with Gasteiger partial charge in [-0.25, -0.2) is 4.98 Å². The second-order valence-corrected chi connectivity index (χ2v) is 6.19. The number of hydrogen-bond donors (Lipinski definition) is 1. The molecule has 3 aromatic rings. The van der Waals surface area contributed by atoms with E-state index in [0.29, 0.717) is 36.2 Å². The van der Waals surface area contributed by atoms with Crippen molar-refractivity contribution in [3.8, 4) is 17.4 Å². The number of carbonyl (C=O) groups excluding carboxylic acids is 1. The highest BCUT2D eigenvalue weighted by Crippen LogP contribution is 2.25. The quantitative estimate of drug-likeness (QED) is 0.794. The van der Waals surface area contributed by atoms with Crippen LogP contribution in [0.15, 0.2) is 45.4 Å². The van der Waals surface area contributed by atoms with E-state index >= 15 is 0 Å². The molecule has 0 radical (unpaired) electrons. The summed E-state index contributed by atoms with van der Waals surface area (Å²) in [7, 11) is 0. The third-order valence-corrected chi connectivity index (χ3v) is 4.50. The molecule has 3 heterocycles. The van der Waals surface area contributed by atoms with Crippen molar-refractivity contribution in [1.82, 2.24) is 9.88 Å². The van der Waals surface area contributed by atoms with E-state index in [1.54, 1.807) is 42.4 Å². The van der Waals surface area contributed by atoms with E-state index in [9.17, 15) is 9.90 Å². The molecule has 0 fully saturated rings. The van der Waals surface area contributed by atoms with Crippen LogP contribution in [0.2, 0.25) is 0 Å². The first kappa shape index (κ1) is 15.5. The van der Waals surface area contributed by atoms with Gasteiger partial charge in [0.05, 0.1) is 18.4 Å². The number of fused-ring (bicyclic) bond motifs is 1. The zero-order valence-electron chi connectivity index (χ0n) is 13.9. The first-order chi connectivity index (χ1) is 12.1. The fourth-order valence-corrected chi connectivity index (χ4v) is 3.11. The summed E-state index contributed by atoms with van der Waals surface area (Å²) in [6, 6.07) is 8.87. The molecule has 1 N–H and O–H groups in total. The monoisotopic (exact) mass is 338 g/mol. The highest BCUT2D eigenvalue weighted by Gasteiger charge is 2.23. The van der Waals surface area contributed by atoms with Crippen LogP contribution in [0, 0.1) is 6.92 Å². The number of phenolic OH excluding ortho intramolecular Hbond substituents is 1. The molecule has 6 nitrogen and oxygen atoms in total. The number of phenols is 1. The van der Waals surface area contributed by atoms with Gasteiger partial charge in [-0.15, -0.1) is 0 Å². The topological polar surface area (TPSA) is 79.7 Å². The van der Waals surface area contributed by atoms with Gasteiger partial charge in [0, 0.05) is 13.1 Å². The maximum absolute atomic E-state index is 12.7. The lowest BCUT2D eigenvalue weighted by Crippen LogP contribution is -2.37. The molecule has 0 atom stereocenters. The first-order valence-electron chi connectivity index (χ1n) is 8.19. The lowest BCUT2D eigenvalue weighted by molar-refractivity contribution is -0.131. The Hall–Kier alpha value is -3.02. The van der Waals surface area contributed by atoms with Gasteiger partial charge in [-0.3, -0.25) is 4.79 Å². The molecule has 0 spiro atoms. The van der Waals surface area contributed by atoms with Crippen molar-refractivity contribution in [2.24, 2.45) is 0 Å². The second kappa shape index (κ2) is 6.12. The third-order valence-electron chi connectivity index (χ3n) is 4.50. The molecule has 1 aliphatic heterocycles. The van der Waals surface area contributed by atoms with Gasteiger partial charge in [0.2, 0.25) is 5.91 Å². The Morgan fingerprint density at radius 1 is 1.32 bits per heavy atom. The largest absolute Gasteiger partial charge is 0.508 e. The van der Waals surface area contributed by atoms with Gasteiger partial charge in [-0.05, 0) is 48.7 Å². The maximum Gasteiger partial charge on any atom is 0.263 e. The van der Waals surface area contributed by atoms with Crippen molar-refractivity contribution < 1.29 is 18.7 Å². The van der Waals surface area contributed by atoms with Crippen LogP contribution >= 0.6 is 0 Å². The van der Waals surface area contributed by atoms with Crippen LogP contribution in [0.1, 0.15) is 22.6 Å². The summed E-state index contributed by atoms with van der Waals surface area (Å²) in [6.07, 6.45) is 2.53. The Bertz CT molecular complexity index is 912. The van der Waals surface area contributed by atoms with Crippen LogP contribution in [0.5, 0.6) is 5.75 Å². The molecule has 0 aliphatic carbocycles. The first-order valence-corrected chi connectivity index (χ1v) is 8.19. The number of rotatable bonds is 3. The fraction of sp³-hybridized carbons (Fsp3) is 0.263. The Morgan fingerprint density at radius 3 is 3.00 bits per heavy atom. The maximum atomic E-state index is 12.7. The molecular formula is C19H18N2O4. The van der Waals surface area contributed by atoms with Crippen LogP contribution in [-0.4, -0.2) is 27.4 Å². The minimum atomic E-state index is -0.00334. The number of amides is 1. The van der Waals surface area contributed by atoms with Crippen LogP contribution < -0.4 is 0 Å². The Balaban J connectivity index is 1.49. The van der Waals surface area contributed by atoms with Crippen molar-refractivity contribution in [3.63, 3.8) is 0 Å². The summed E-state index contributed by atoms with van der Waals surface area (Å²) in [5, 5.41) is 9.64. The number of nitrogens with zero attached hydrogens (tertiary/aromatic N) is 2. The van der Waals surface area contributed by atoms with E-state index in [0.717, 1.165) is 12.0 Å². The van der Waals surface area contributed by atoms with E-state index in [1.807, 2.05) is 6.07 Å². The number of furan rings is 1. The number of carbonyl (C=O) groups is 1. The Labute approximate surface area is 144 Å². The molecule has 6 heteroatoms. The molecular weight excluding hydrogens is 320 g/mol. The van der Waals surface area contributed by atoms with Crippen molar-refractivity contribution in [1.29, 1.82) is 0 Å². The number of benzene rings is 1. The summed E-state index contributed by atoms with van der Waals surface area (Å²) >= 11 is 0. The SMILES string of the molecule is Cc1oc(-c2ccco2)nc1CC(=O)N1CCc2ccc(O)cc2C1. The summed E-state index contributed by atoms with van der Waals surface area (Å²) in [6.45, 7) is 2.97. The number of aromatic nitrogens is 1. The van der Waals surface area contributed by atoms with Gasteiger partial charge in [0.15, 0.2) is 5.76 Å². The van der Waals surface area contributed by atoms with Crippen molar-refractivity contribution in [3.05, 3.63) is 59.2 Å². The number of hydrogen-bond acceptors (Lipinski definition) is 5. The van der Waals surface area contributed by atoms with Gasteiger partial charge >= 0.3 is 0 Å². The Kier molecular flexibility index (Phi) is 3.80. The average Bonchev–Trinajstić information content (AvgIpc) is 3.24. The minimum Gasteiger partial charge on any atom is -0.508 e. The number of aromatic hydroxyl groups is 1. The highest BCUT2D eigenvalue weighted by atomic mass is 16.4. The highest BCUT2D eigenvalue weighted by molar-refractivity contribution is 5.79. The number of oxazole rings is 1. The van der Waals surface area contributed by atoms with Gasteiger partial charge < -0.3 is 18.8 Å². The molecule has 4 rings (SSSR count). The van der Waals surface area contributed by atoms with Crippen molar-refractivity contribution >= 4 is 5.91 Å². The van der Waals surface area contributed by atoms with E-state index < -0.39 is 0 Å². The predicted molar refractivity (Wildman–Crippen MR) is 89.9 cm³/mol. The van der Waals surface area contributed by atoms with E-state index in [2.05, 4.69) is 4.98 Å². The normalized spacial score (nSPS) is 13.7. The second-order valence-electron chi connectivity index (χ2n) is 6.19. The molecule has 2 aromatic heterocycles. The Morgan fingerprint density at radius 2 is 2.20 bits per heavy atom. The van der Waals surface area contributed by atoms with Crippen LogP contribution in [-0.2, 0) is 24.2 Å². The molecule has 1 aliphatic rings.